The van der Waals surface area contributed by atoms with E-state index in [1.807, 2.05) is 36.4 Å². The lowest BCUT2D eigenvalue weighted by atomic mass is 10.2. The van der Waals surface area contributed by atoms with E-state index in [1.165, 1.54) is 33.6 Å². The van der Waals surface area contributed by atoms with Crippen molar-refractivity contribution in [2.75, 3.05) is 0 Å². The first-order valence-electron chi connectivity index (χ1n) is 13.3. The predicted molar refractivity (Wildman–Crippen MR) is 186 cm³/mol. The number of hydrogen-bond acceptors (Lipinski definition) is 4. The highest BCUT2D eigenvalue weighted by atomic mass is 127. The van der Waals surface area contributed by atoms with Crippen LogP contribution >= 0.6 is 45.8 Å². The minimum absolute atomic E-state index is 0.238. The Hall–Kier alpha value is -5.43. The van der Waals surface area contributed by atoms with Gasteiger partial charge < -0.3 is 0 Å². The average Bonchev–Trinajstić information content (AvgIpc) is 3.73. The Labute approximate surface area is 293 Å². The average molecular weight is 771 g/mol. The summed E-state index contributed by atoms with van der Waals surface area (Å²) in [5, 5.41) is 27.3. The fraction of sp³-hybridized carbons (Fsp3) is 0. The fourth-order valence-corrected chi connectivity index (χ4v) is 4.58. The SMILES string of the molecule is C#Cc1cccc(Cl)c1.N#Cc1cc(F)cc(-n2ccc(C#Cc3cccc(Cl)c3)n2)c1.N#Cc1cc(F)cc(-n2ccc(I)n2)c1. The maximum absolute atomic E-state index is 13.5. The lowest BCUT2D eigenvalue weighted by Crippen LogP contribution is -1.97. The lowest BCUT2D eigenvalue weighted by molar-refractivity contribution is 0.624. The van der Waals surface area contributed by atoms with Gasteiger partial charge in [0, 0.05) is 33.6 Å². The van der Waals surface area contributed by atoms with Crippen LogP contribution in [0.4, 0.5) is 8.78 Å². The Morgan fingerprint density at radius 1 is 0.638 bits per heavy atom. The summed E-state index contributed by atoms with van der Waals surface area (Å²) in [5.41, 5.74) is 3.68. The molecule has 0 fully saturated rings. The molecule has 6 aromatic rings. The molecule has 6 rings (SSSR count). The number of benzene rings is 4. The molecular weight excluding hydrogens is 752 g/mol. The molecule has 0 saturated carbocycles. The Kier molecular flexibility index (Phi) is 12.3. The molecule has 0 aliphatic heterocycles. The molecule has 0 amide bonds. The van der Waals surface area contributed by atoms with E-state index in [4.69, 9.17) is 40.1 Å². The first-order valence-corrected chi connectivity index (χ1v) is 15.2. The van der Waals surface area contributed by atoms with Crippen molar-refractivity contribution in [3.05, 3.63) is 163 Å². The number of rotatable bonds is 2. The third-order valence-electron chi connectivity index (χ3n) is 5.85. The summed E-state index contributed by atoms with van der Waals surface area (Å²) in [6.45, 7) is 0. The molecule has 4 aromatic carbocycles. The quantitative estimate of drug-likeness (QED) is 0.130. The molecular formula is C36H19Cl2F2IN6. The Bertz CT molecular complexity index is 2230. The molecule has 0 N–H and O–H groups in total. The smallest absolute Gasteiger partial charge is 0.136 e. The van der Waals surface area contributed by atoms with Gasteiger partial charge in [-0.25, -0.2) is 18.1 Å². The van der Waals surface area contributed by atoms with Gasteiger partial charge in [-0.3, -0.25) is 0 Å². The molecule has 0 unspecified atom stereocenters. The molecule has 0 aliphatic carbocycles. The van der Waals surface area contributed by atoms with E-state index < -0.39 is 11.6 Å². The molecule has 47 heavy (non-hydrogen) atoms. The molecule has 0 aliphatic rings. The van der Waals surface area contributed by atoms with Crippen molar-refractivity contribution in [1.82, 2.24) is 19.6 Å². The summed E-state index contributed by atoms with van der Waals surface area (Å²) < 4.78 is 30.4. The van der Waals surface area contributed by atoms with Crippen molar-refractivity contribution < 1.29 is 8.78 Å². The normalized spacial score (nSPS) is 9.57. The van der Waals surface area contributed by atoms with Crippen LogP contribution in [0.15, 0.2) is 109 Å². The van der Waals surface area contributed by atoms with Crippen LogP contribution in [0.2, 0.25) is 10.0 Å². The van der Waals surface area contributed by atoms with Crippen molar-refractivity contribution in [2.24, 2.45) is 0 Å². The second-order valence-electron chi connectivity index (χ2n) is 9.26. The van der Waals surface area contributed by atoms with Gasteiger partial charge in [0.05, 0.1) is 34.6 Å². The summed E-state index contributed by atoms with van der Waals surface area (Å²) >= 11 is 13.6. The Morgan fingerprint density at radius 2 is 1.17 bits per heavy atom. The van der Waals surface area contributed by atoms with Crippen molar-refractivity contribution >= 4 is 45.8 Å². The zero-order chi connectivity index (χ0) is 33.8. The van der Waals surface area contributed by atoms with E-state index in [1.54, 1.807) is 60.9 Å². The molecule has 2 heterocycles. The zero-order valence-corrected chi connectivity index (χ0v) is 27.7. The second kappa shape index (κ2) is 16.8. The summed E-state index contributed by atoms with van der Waals surface area (Å²) in [4.78, 5) is 0. The van der Waals surface area contributed by atoms with Crippen LogP contribution in [0, 0.1) is 62.2 Å². The summed E-state index contributed by atoms with van der Waals surface area (Å²) in [6, 6.07) is 29.9. The summed E-state index contributed by atoms with van der Waals surface area (Å²) in [7, 11) is 0. The van der Waals surface area contributed by atoms with Crippen LogP contribution in [-0.2, 0) is 0 Å². The molecule has 0 spiro atoms. The second-order valence-corrected chi connectivity index (χ2v) is 11.2. The summed E-state index contributed by atoms with van der Waals surface area (Å²) in [6.07, 6.45) is 8.49. The van der Waals surface area contributed by atoms with Crippen LogP contribution in [0.3, 0.4) is 0 Å². The number of terminal acetylenes is 1. The van der Waals surface area contributed by atoms with Crippen LogP contribution in [0.25, 0.3) is 11.4 Å². The van der Waals surface area contributed by atoms with E-state index in [2.05, 4.69) is 50.5 Å². The Balaban J connectivity index is 0.000000178. The zero-order valence-electron chi connectivity index (χ0n) is 24.0. The van der Waals surface area contributed by atoms with Crippen molar-refractivity contribution in [3.63, 3.8) is 0 Å². The molecule has 0 saturated heterocycles. The van der Waals surface area contributed by atoms with Gasteiger partial charge in [0.15, 0.2) is 0 Å². The van der Waals surface area contributed by atoms with Gasteiger partial charge in [-0.15, -0.1) is 6.42 Å². The lowest BCUT2D eigenvalue weighted by Gasteiger charge is -2.01. The molecule has 6 nitrogen and oxygen atoms in total. The van der Waals surface area contributed by atoms with Crippen molar-refractivity contribution in [1.29, 1.82) is 10.5 Å². The fourth-order valence-electron chi connectivity index (χ4n) is 3.80. The van der Waals surface area contributed by atoms with Crippen molar-refractivity contribution in [3.8, 4) is 47.7 Å². The van der Waals surface area contributed by atoms with Crippen LogP contribution in [0.5, 0.6) is 0 Å². The molecule has 0 bridgehead atoms. The highest BCUT2D eigenvalue weighted by Crippen LogP contribution is 2.15. The van der Waals surface area contributed by atoms with Gasteiger partial charge in [0.1, 0.15) is 21.0 Å². The standard InChI is InChI=1S/C18H9ClFN3.C10H5FIN3.C8H5Cl/c19-15-3-1-2-13(8-15)4-5-17-6-7-23(22-17)18-10-14(12-21)9-16(20)11-18;11-8-3-7(6-13)4-9(5-8)15-2-1-10(12)14-15;1-2-7-4-3-5-8(9)6-7/h1-3,6-11H;1-5H;1,3-6H. The maximum atomic E-state index is 13.5. The largest absolute Gasteiger partial charge is 0.240 e. The molecule has 0 atom stereocenters. The first kappa shape index (κ1) is 34.4. The Morgan fingerprint density at radius 3 is 1.66 bits per heavy atom. The van der Waals surface area contributed by atoms with Crippen molar-refractivity contribution in [2.45, 2.75) is 0 Å². The van der Waals surface area contributed by atoms with Crippen LogP contribution < -0.4 is 0 Å². The topological polar surface area (TPSA) is 83.2 Å². The molecule has 0 radical (unpaired) electrons. The monoisotopic (exact) mass is 770 g/mol. The van der Waals surface area contributed by atoms with Gasteiger partial charge in [0.2, 0.25) is 0 Å². The molecule has 11 heteroatoms. The molecule has 2 aromatic heterocycles. The van der Waals surface area contributed by atoms with E-state index in [9.17, 15) is 8.78 Å². The highest BCUT2D eigenvalue weighted by Gasteiger charge is 2.05. The summed E-state index contributed by atoms with van der Waals surface area (Å²) in [5.74, 6) is 7.45. The van der Waals surface area contributed by atoms with Gasteiger partial charge in [-0.2, -0.15) is 20.7 Å². The van der Waals surface area contributed by atoms with E-state index in [0.717, 1.165) is 14.8 Å². The predicted octanol–water partition coefficient (Wildman–Crippen LogP) is 8.75. The minimum Gasteiger partial charge on any atom is -0.240 e. The van der Waals surface area contributed by atoms with Crippen LogP contribution in [0.1, 0.15) is 27.9 Å². The first-order chi connectivity index (χ1) is 22.6. The van der Waals surface area contributed by atoms with E-state index in [-0.39, 0.29) is 11.1 Å². The number of halogens is 5. The maximum Gasteiger partial charge on any atom is 0.136 e. The van der Waals surface area contributed by atoms with Gasteiger partial charge in [-0.05, 0) is 113 Å². The number of hydrogen-bond donors (Lipinski definition) is 0. The third kappa shape index (κ3) is 10.6. The van der Waals surface area contributed by atoms with Gasteiger partial charge >= 0.3 is 0 Å². The van der Waals surface area contributed by atoms with E-state index in [0.29, 0.717) is 27.1 Å². The molecule has 228 valence electrons. The number of nitrogens with zero attached hydrogens (tertiary/aromatic N) is 6. The minimum atomic E-state index is -0.485. The highest BCUT2D eigenvalue weighted by molar-refractivity contribution is 14.1. The third-order valence-corrected chi connectivity index (χ3v) is 6.89. The van der Waals surface area contributed by atoms with Gasteiger partial charge in [-0.1, -0.05) is 47.2 Å². The van der Waals surface area contributed by atoms with Crippen LogP contribution in [-0.4, -0.2) is 19.6 Å². The van der Waals surface area contributed by atoms with Gasteiger partial charge in [0.25, 0.3) is 0 Å². The van der Waals surface area contributed by atoms with E-state index >= 15 is 0 Å². The number of aromatic nitrogens is 4. The number of nitriles is 2.